The lowest BCUT2D eigenvalue weighted by Gasteiger charge is -2.18. The zero-order valence-corrected chi connectivity index (χ0v) is 11.9. The Hall–Kier alpha value is -2.64. The Morgan fingerprint density at radius 1 is 1.22 bits per heavy atom. The normalized spacial score (nSPS) is 11.9. The minimum atomic E-state index is -4.63. The summed E-state index contributed by atoms with van der Waals surface area (Å²) < 4.78 is 56.7. The summed E-state index contributed by atoms with van der Waals surface area (Å²) in [6.07, 6.45) is -4.02. The Bertz CT molecular complexity index is 844. The van der Waals surface area contributed by atoms with E-state index in [1.54, 1.807) is 24.3 Å². The third-order valence-electron chi connectivity index (χ3n) is 3.35. The van der Waals surface area contributed by atoms with Crippen molar-refractivity contribution >= 4 is 16.8 Å². The molecule has 23 heavy (non-hydrogen) atoms. The van der Waals surface area contributed by atoms with Crippen molar-refractivity contribution in [1.82, 2.24) is 10.1 Å². The van der Waals surface area contributed by atoms with Crippen molar-refractivity contribution in [2.75, 3.05) is 11.9 Å². The van der Waals surface area contributed by atoms with E-state index in [-0.39, 0.29) is 12.4 Å². The molecule has 0 saturated carbocycles. The summed E-state index contributed by atoms with van der Waals surface area (Å²) in [5.41, 5.74) is -0.0000145. The average molecular weight is 325 g/mol. The summed E-state index contributed by atoms with van der Waals surface area (Å²) in [6.45, 7) is 0.145. The summed E-state index contributed by atoms with van der Waals surface area (Å²) in [7, 11) is 1.52. The van der Waals surface area contributed by atoms with Crippen LogP contribution >= 0.6 is 0 Å². The Morgan fingerprint density at radius 2 is 1.96 bits per heavy atom. The molecule has 3 rings (SSSR count). The fourth-order valence-corrected chi connectivity index (χ4v) is 2.22. The quantitative estimate of drug-likeness (QED) is 0.682. The van der Waals surface area contributed by atoms with Crippen LogP contribution in [0.1, 0.15) is 11.3 Å². The summed E-state index contributed by atoms with van der Waals surface area (Å²) >= 11 is 0. The van der Waals surface area contributed by atoms with Crippen LogP contribution < -0.4 is 4.90 Å². The van der Waals surface area contributed by atoms with E-state index in [0.29, 0.717) is 23.5 Å². The van der Waals surface area contributed by atoms with E-state index >= 15 is 0 Å². The lowest BCUT2D eigenvalue weighted by molar-refractivity contribution is -0.138. The number of para-hydroxylation sites is 1. The molecule has 0 bridgehead atoms. The largest absolute Gasteiger partial charge is 0.417 e. The van der Waals surface area contributed by atoms with Crippen molar-refractivity contribution < 1.29 is 22.1 Å². The van der Waals surface area contributed by atoms with E-state index in [2.05, 4.69) is 10.1 Å². The van der Waals surface area contributed by atoms with Gasteiger partial charge in [-0.2, -0.15) is 13.2 Å². The molecule has 0 N–H and O–H groups in total. The van der Waals surface area contributed by atoms with Crippen LogP contribution in [0.3, 0.4) is 0 Å². The van der Waals surface area contributed by atoms with Crippen LogP contribution in [-0.2, 0) is 12.7 Å². The molecule has 0 saturated heterocycles. The molecule has 1 aromatic carbocycles. The molecule has 0 radical (unpaired) electrons. The molecule has 2 heterocycles. The lowest BCUT2D eigenvalue weighted by atomic mass is 10.2. The van der Waals surface area contributed by atoms with Gasteiger partial charge < -0.3 is 9.42 Å². The number of benzene rings is 1. The number of aromatic nitrogens is 2. The van der Waals surface area contributed by atoms with Gasteiger partial charge in [0.2, 0.25) is 0 Å². The highest BCUT2D eigenvalue weighted by molar-refractivity contribution is 5.79. The maximum Gasteiger partial charge on any atom is 0.417 e. The second-order valence-corrected chi connectivity index (χ2v) is 5.01. The minimum Gasteiger partial charge on any atom is -0.356 e. The number of alkyl halides is 3. The smallest absolute Gasteiger partial charge is 0.356 e. The second-order valence-electron chi connectivity index (χ2n) is 5.01. The molecule has 8 heteroatoms. The Balaban J connectivity index is 1.87. The van der Waals surface area contributed by atoms with Gasteiger partial charge in [0.05, 0.1) is 12.1 Å². The van der Waals surface area contributed by atoms with Gasteiger partial charge in [-0.05, 0) is 18.2 Å². The molecule has 3 aromatic rings. The highest BCUT2D eigenvalue weighted by Crippen LogP contribution is 2.31. The number of nitrogens with zero attached hydrogens (tertiary/aromatic N) is 3. The molecule has 0 fully saturated rings. The first-order valence-corrected chi connectivity index (χ1v) is 6.63. The first-order valence-electron chi connectivity index (χ1n) is 6.63. The van der Waals surface area contributed by atoms with Crippen molar-refractivity contribution in [3.05, 3.63) is 53.6 Å². The molecule has 0 aliphatic carbocycles. The molecule has 0 amide bonds. The van der Waals surface area contributed by atoms with E-state index < -0.39 is 17.6 Å². The number of fused-ring (bicyclic) bond motifs is 1. The van der Waals surface area contributed by atoms with Crippen molar-refractivity contribution in [3.8, 4) is 0 Å². The molecule has 0 atom stereocenters. The van der Waals surface area contributed by atoms with E-state index in [4.69, 9.17) is 4.52 Å². The van der Waals surface area contributed by atoms with Gasteiger partial charge in [0.15, 0.2) is 17.2 Å². The average Bonchev–Trinajstić information content (AvgIpc) is 2.89. The Morgan fingerprint density at radius 3 is 2.65 bits per heavy atom. The first kappa shape index (κ1) is 15.3. The summed E-state index contributed by atoms with van der Waals surface area (Å²) in [6, 6.07) is 7.56. The predicted molar refractivity (Wildman–Crippen MR) is 75.3 cm³/mol. The molecular formula is C15H11F4N3O. The number of hydrogen-bond acceptors (Lipinski definition) is 4. The van der Waals surface area contributed by atoms with E-state index in [1.165, 1.54) is 11.9 Å². The van der Waals surface area contributed by atoms with Crippen molar-refractivity contribution in [2.24, 2.45) is 0 Å². The third-order valence-corrected chi connectivity index (χ3v) is 3.35. The maximum absolute atomic E-state index is 13.9. The van der Waals surface area contributed by atoms with Crippen LogP contribution in [0.15, 0.2) is 41.1 Å². The van der Waals surface area contributed by atoms with E-state index in [9.17, 15) is 17.6 Å². The van der Waals surface area contributed by atoms with E-state index in [1.807, 2.05) is 0 Å². The molecule has 0 unspecified atom stereocenters. The SMILES string of the molecule is CN(Cc1noc2ccccc12)c1ncc(C(F)(F)F)cc1F. The number of rotatable bonds is 3. The van der Waals surface area contributed by atoms with Crippen LogP contribution in [0.5, 0.6) is 0 Å². The standard InChI is InChI=1S/C15H11F4N3O/c1-22(8-12-10-4-2-3-5-13(10)23-21-12)14-11(16)6-9(7-20-14)15(17,18)19/h2-7H,8H2,1H3. The highest BCUT2D eigenvalue weighted by Gasteiger charge is 2.32. The van der Waals surface area contributed by atoms with Crippen LogP contribution in [0.4, 0.5) is 23.4 Å². The van der Waals surface area contributed by atoms with Gasteiger partial charge in [0.25, 0.3) is 0 Å². The van der Waals surface area contributed by atoms with Gasteiger partial charge in [-0.25, -0.2) is 9.37 Å². The minimum absolute atomic E-state index is 0.145. The van der Waals surface area contributed by atoms with Crippen molar-refractivity contribution in [3.63, 3.8) is 0 Å². The monoisotopic (exact) mass is 325 g/mol. The second kappa shape index (κ2) is 5.53. The van der Waals surface area contributed by atoms with Crippen LogP contribution in [0.2, 0.25) is 0 Å². The van der Waals surface area contributed by atoms with E-state index in [0.717, 1.165) is 5.39 Å². The van der Waals surface area contributed by atoms with Crippen molar-refractivity contribution in [1.29, 1.82) is 0 Å². The predicted octanol–water partition coefficient (Wildman–Crippen LogP) is 4.02. The third kappa shape index (κ3) is 2.96. The number of hydrogen-bond donors (Lipinski definition) is 0. The molecule has 120 valence electrons. The fraction of sp³-hybridized carbons (Fsp3) is 0.200. The van der Waals surface area contributed by atoms with Crippen molar-refractivity contribution in [2.45, 2.75) is 12.7 Å². The molecule has 4 nitrogen and oxygen atoms in total. The van der Waals surface area contributed by atoms with Gasteiger partial charge in [-0.15, -0.1) is 0 Å². The summed E-state index contributed by atoms with van der Waals surface area (Å²) in [4.78, 5) is 4.95. The number of anilines is 1. The molecule has 2 aromatic heterocycles. The molecular weight excluding hydrogens is 314 g/mol. The van der Waals surface area contributed by atoms with Gasteiger partial charge >= 0.3 is 6.18 Å². The van der Waals surface area contributed by atoms with Gasteiger partial charge in [-0.3, -0.25) is 0 Å². The zero-order valence-electron chi connectivity index (χ0n) is 11.9. The molecule has 0 spiro atoms. The van der Waals surface area contributed by atoms with Crippen LogP contribution in [0, 0.1) is 5.82 Å². The lowest BCUT2D eigenvalue weighted by Crippen LogP contribution is -2.20. The summed E-state index contributed by atoms with van der Waals surface area (Å²) in [5, 5.41) is 4.66. The highest BCUT2D eigenvalue weighted by atomic mass is 19.4. The zero-order chi connectivity index (χ0) is 16.6. The number of halogens is 4. The van der Waals surface area contributed by atoms with Gasteiger partial charge in [-0.1, -0.05) is 17.3 Å². The topological polar surface area (TPSA) is 42.2 Å². The molecule has 0 aliphatic rings. The van der Waals surface area contributed by atoms with Crippen LogP contribution in [0.25, 0.3) is 11.0 Å². The van der Waals surface area contributed by atoms with Gasteiger partial charge in [0, 0.05) is 18.6 Å². The number of pyridine rings is 1. The molecule has 0 aliphatic heterocycles. The Labute approximate surface area is 128 Å². The summed E-state index contributed by atoms with van der Waals surface area (Å²) in [5.74, 6) is -1.24. The fourth-order valence-electron chi connectivity index (χ4n) is 2.22. The maximum atomic E-state index is 13.9. The van der Waals surface area contributed by atoms with Crippen LogP contribution in [-0.4, -0.2) is 17.2 Å². The first-order chi connectivity index (χ1) is 10.9. The Kier molecular flexibility index (Phi) is 3.67. The van der Waals surface area contributed by atoms with Gasteiger partial charge in [0.1, 0.15) is 5.69 Å².